The Balaban J connectivity index is 2.91. The summed E-state index contributed by atoms with van der Waals surface area (Å²) < 4.78 is 5.29. The lowest BCUT2D eigenvalue weighted by Gasteiger charge is -2.18. The molecule has 0 saturated heterocycles. The first kappa shape index (κ1) is 15.0. The van der Waals surface area contributed by atoms with Gasteiger partial charge in [0.15, 0.2) is 6.04 Å². The third kappa shape index (κ3) is 3.96. The van der Waals surface area contributed by atoms with Crippen molar-refractivity contribution in [2.24, 2.45) is 0 Å². The van der Waals surface area contributed by atoms with Crippen LogP contribution in [-0.4, -0.2) is 40.8 Å². The van der Waals surface area contributed by atoms with Crippen LogP contribution >= 0.6 is 0 Å². The fourth-order valence-corrected chi connectivity index (χ4v) is 1.54. The van der Waals surface area contributed by atoms with E-state index in [4.69, 9.17) is 9.84 Å². The maximum Gasteiger partial charge on any atom is 0.328 e. The van der Waals surface area contributed by atoms with E-state index < -0.39 is 24.0 Å². The molecule has 0 aromatic heterocycles. The van der Waals surface area contributed by atoms with Gasteiger partial charge in [-0.05, 0) is 26.0 Å². The molecule has 104 valence electrons. The third-order valence-corrected chi connectivity index (χ3v) is 2.47. The number of hydrogen-bond acceptors (Lipinski definition) is 4. The van der Waals surface area contributed by atoms with Crippen molar-refractivity contribution in [2.45, 2.75) is 26.0 Å². The average molecular weight is 267 g/mol. The van der Waals surface area contributed by atoms with Gasteiger partial charge >= 0.3 is 5.97 Å². The largest absolute Gasteiger partial charge is 0.493 e. The number of amides is 1. The summed E-state index contributed by atoms with van der Waals surface area (Å²) in [7, 11) is 0. The van der Waals surface area contributed by atoms with Crippen LogP contribution in [0.3, 0.4) is 0 Å². The number of rotatable bonds is 6. The number of nitrogens with one attached hydrogen (secondary N) is 1. The smallest absolute Gasteiger partial charge is 0.328 e. The van der Waals surface area contributed by atoms with Crippen LogP contribution in [0.5, 0.6) is 5.75 Å². The first-order valence-corrected chi connectivity index (χ1v) is 5.91. The first-order valence-electron chi connectivity index (χ1n) is 5.91. The Morgan fingerprint density at radius 1 is 1.37 bits per heavy atom. The number of carboxylic acids is 1. The zero-order chi connectivity index (χ0) is 14.4. The van der Waals surface area contributed by atoms with Gasteiger partial charge in [0.2, 0.25) is 0 Å². The summed E-state index contributed by atoms with van der Waals surface area (Å²) >= 11 is 0. The van der Waals surface area contributed by atoms with Gasteiger partial charge in [0, 0.05) is 0 Å². The highest BCUT2D eigenvalue weighted by Gasteiger charge is 2.26. The molecule has 2 atom stereocenters. The molecule has 0 spiro atoms. The van der Waals surface area contributed by atoms with E-state index in [9.17, 15) is 14.7 Å². The van der Waals surface area contributed by atoms with E-state index in [0.717, 1.165) is 0 Å². The van der Waals surface area contributed by atoms with Crippen molar-refractivity contribution >= 4 is 11.9 Å². The van der Waals surface area contributed by atoms with Crippen molar-refractivity contribution in [2.75, 3.05) is 6.61 Å². The van der Waals surface area contributed by atoms with Crippen molar-refractivity contribution in [3.63, 3.8) is 0 Å². The van der Waals surface area contributed by atoms with E-state index in [2.05, 4.69) is 5.32 Å². The average Bonchev–Trinajstić information content (AvgIpc) is 2.36. The van der Waals surface area contributed by atoms with E-state index >= 15 is 0 Å². The van der Waals surface area contributed by atoms with E-state index in [1.165, 1.54) is 13.0 Å². The van der Waals surface area contributed by atoms with E-state index in [1.54, 1.807) is 25.1 Å². The van der Waals surface area contributed by atoms with Gasteiger partial charge in [-0.3, -0.25) is 4.79 Å². The molecule has 1 rings (SSSR count). The van der Waals surface area contributed by atoms with Crippen molar-refractivity contribution in [1.82, 2.24) is 5.32 Å². The van der Waals surface area contributed by atoms with Gasteiger partial charge in [-0.15, -0.1) is 0 Å². The van der Waals surface area contributed by atoms with Crippen LogP contribution in [0.15, 0.2) is 24.3 Å². The highest BCUT2D eigenvalue weighted by atomic mass is 16.5. The third-order valence-electron chi connectivity index (χ3n) is 2.47. The Morgan fingerprint density at radius 2 is 2.00 bits per heavy atom. The Bertz CT molecular complexity index is 458. The van der Waals surface area contributed by atoms with Gasteiger partial charge in [0.05, 0.1) is 18.3 Å². The molecule has 0 fully saturated rings. The molecular weight excluding hydrogens is 250 g/mol. The molecule has 1 amide bonds. The molecule has 0 aliphatic carbocycles. The van der Waals surface area contributed by atoms with E-state index in [1.807, 2.05) is 0 Å². The molecule has 0 bridgehead atoms. The highest BCUT2D eigenvalue weighted by molar-refractivity contribution is 5.99. The van der Waals surface area contributed by atoms with Gasteiger partial charge in [0.1, 0.15) is 5.75 Å². The van der Waals surface area contributed by atoms with Crippen LogP contribution in [0.4, 0.5) is 0 Å². The monoisotopic (exact) mass is 267 g/mol. The molecule has 0 radical (unpaired) electrons. The molecule has 0 aliphatic rings. The summed E-state index contributed by atoms with van der Waals surface area (Å²) in [6.07, 6.45) is -1.19. The van der Waals surface area contributed by atoms with Gasteiger partial charge in [0.25, 0.3) is 5.91 Å². The number of carboxylic acid groups (broad SMARTS) is 1. The summed E-state index contributed by atoms with van der Waals surface area (Å²) in [5, 5.41) is 20.5. The van der Waals surface area contributed by atoms with Crippen LogP contribution < -0.4 is 10.1 Å². The van der Waals surface area contributed by atoms with Crippen LogP contribution in [0.1, 0.15) is 24.2 Å². The lowest BCUT2D eigenvalue weighted by Crippen LogP contribution is -2.47. The number of carbonyl (C=O) groups excluding carboxylic acids is 1. The van der Waals surface area contributed by atoms with Crippen molar-refractivity contribution in [3.05, 3.63) is 29.8 Å². The fraction of sp³-hybridized carbons (Fsp3) is 0.385. The highest BCUT2D eigenvalue weighted by Crippen LogP contribution is 2.18. The first-order chi connectivity index (χ1) is 8.97. The second kappa shape index (κ2) is 6.75. The lowest BCUT2D eigenvalue weighted by molar-refractivity contribution is -0.141. The van der Waals surface area contributed by atoms with Crippen molar-refractivity contribution in [1.29, 1.82) is 0 Å². The normalized spacial score (nSPS) is 13.4. The summed E-state index contributed by atoms with van der Waals surface area (Å²) in [4.78, 5) is 22.9. The maximum absolute atomic E-state index is 12.0. The summed E-state index contributed by atoms with van der Waals surface area (Å²) in [5.74, 6) is -1.52. The molecular formula is C13H17NO5. The molecule has 19 heavy (non-hydrogen) atoms. The van der Waals surface area contributed by atoms with Crippen LogP contribution in [0, 0.1) is 0 Å². The number of hydrogen-bond donors (Lipinski definition) is 3. The molecule has 2 unspecified atom stereocenters. The van der Waals surface area contributed by atoms with Crippen molar-refractivity contribution in [3.8, 4) is 5.75 Å². The molecule has 0 saturated carbocycles. The molecule has 0 aliphatic heterocycles. The van der Waals surface area contributed by atoms with E-state index in [0.29, 0.717) is 12.4 Å². The quantitative estimate of drug-likeness (QED) is 0.703. The minimum Gasteiger partial charge on any atom is -0.493 e. The van der Waals surface area contributed by atoms with Gasteiger partial charge < -0.3 is 20.3 Å². The van der Waals surface area contributed by atoms with Gasteiger partial charge in [-0.1, -0.05) is 12.1 Å². The van der Waals surface area contributed by atoms with Crippen LogP contribution in [-0.2, 0) is 4.79 Å². The van der Waals surface area contributed by atoms with Crippen molar-refractivity contribution < 1.29 is 24.5 Å². The minimum absolute atomic E-state index is 0.233. The number of carbonyl (C=O) groups is 2. The Kier molecular flexibility index (Phi) is 5.32. The summed E-state index contributed by atoms with van der Waals surface area (Å²) in [6.45, 7) is 3.47. The fourth-order valence-electron chi connectivity index (χ4n) is 1.54. The molecule has 0 heterocycles. The minimum atomic E-state index is -1.36. The van der Waals surface area contributed by atoms with Gasteiger partial charge in [-0.2, -0.15) is 0 Å². The lowest BCUT2D eigenvalue weighted by atomic mass is 10.1. The summed E-state index contributed by atoms with van der Waals surface area (Å²) in [5.41, 5.74) is 0.233. The molecule has 1 aromatic carbocycles. The number of benzene rings is 1. The van der Waals surface area contributed by atoms with E-state index in [-0.39, 0.29) is 5.56 Å². The van der Waals surface area contributed by atoms with Crippen LogP contribution in [0.25, 0.3) is 0 Å². The zero-order valence-electron chi connectivity index (χ0n) is 10.8. The Labute approximate surface area is 111 Å². The Morgan fingerprint density at radius 3 is 2.53 bits per heavy atom. The second-order valence-electron chi connectivity index (χ2n) is 3.96. The number of para-hydroxylation sites is 1. The predicted octanol–water partition coefficient (Wildman–Crippen LogP) is 0.649. The summed E-state index contributed by atoms with van der Waals surface area (Å²) in [6, 6.07) is 5.15. The zero-order valence-corrected chi connectivity index (χ0v) is 10.8. The molecule has 3 N–H and O–H groups in total. The molecule has 6 nitrogen and oxygen atoms in total. The number of aliphatic carboxylic acids is 1. The standard InChI is InChI=1S/C13H17NO5/c1-3-19-10-7-5-4-6-9(10)12(16)14-11(8(2)15)13(17)18/h4-8,11,15H,3H2,1-2H3,(H,14,16)(H,17,18). The topological polar surface area (TPSA) is 95.9 Å². The van der Waals surface area contributed by atoms with Gasteiger partial charge in [-0.25, -0.2) is 4.79 Å². The molecule has 6 heteroatoms. The number of aliphatic hydroxyl groups excluding tert-OH is 1. The Hall–Kier alpha value is -2.08. The SMILES string of the molecule is CCOc1ccccc1C(=O)NC(C(=O)O)C(C)O. The predicted molar refractivity (Wildman–Crippen MR) is 68.2 cm³/mol. The molecule has 1 aromatic rings. The second-order valence-corrected chi connectivity index (χ2v) is 3.96. The maximum atomic E-state index is 12.0. The van der Waals surface area contributed by atoms with Crippen LogP contribution in [0.2, 0.25) is 0 Å². The number of ether oxygens (including phenoxy) is 1. The number of aliphatic hydroxyl groups is 1.